The van der Waals surface area contributed by atoms with Gasteiger partial charge in [0.15, 0.2) is 0 Å². The molecule has 0 aliphatic carbocycles. The minimum Gasteiger partial charge on any atom is -0.494 e. The zero-order valence-corrected chi connectivity index (χ0v) is 24.0. The van der Waals surface area contributed by atoms with Gasteiger partial charge in [-0.3, -0.25) is 9.59 Å². The van der Waals surface area contributed by atoms with Crippen molar-refractivity contribution in [2.45, 2.75) is 6.92 Å². The van der Waals surface area contributed by atoms with Crippen molar-refractivity contribution in [1.82, 2.24) is 5.43 Å². The highest BCUT2D eigenvalue weighted by molar-refractivity contribution is 6.39. The standard InChI is InChI=1S/C31H23Cl2N3O7/c1-2-41-25-15-12-24(13-16-25)35-28(37)29(38)36-34-18-21-7-14-26(42-30(39)19-3-8-22(32)9-4-19)17-27(21)43-31(40)20-5-10-23(33)11-6-20/h3-18H,2H2,1H3,(H,35,37)(H,36,38)/b34-18+. The second-order valence-corrected chi connectivity index (χ2v) is 9.48. The lowest BCUT2D eigenvalue weighted by molar-refractivity contribution is -0.136. The SMILES string of the molecule is CCOc1ccc(NC(=O)C(=O)N/N=C/c2ccc(OC(=O)c3ccc(Cl)cc3)cc2OC(=O)c2ccc(Cl)cc2)cc1. The summed E-state index contributed by atoms with van der Waals surface area (Å²) in [4.78, 5) is 50.0. The van der Waals surface area contributed by atoms with E-state index in [-0.39, 0.29) is 28.2 Å². The van der Waals surface area contributed by atoms with E-state index in [1.165, 1.54) is 54.6 Å². The van der Waals surface area contributed by atoms with Gasteiger partial charge in [0.25, 0.3) is 0 Å². The Bertz CT molecular complexity index is 1660. The van der Waals surface area contributed by atoms with Gasteiger partial charge in [0.1, 0.15) is 17.2 Å². The molecule has 0 radical (unpaired) electrons. The molecule has 0 fully saturated rings. The van der Waals surface area contributed by atoms with Crippen LogP contribution in [0.4, 0.5) is 5.69 Å². The van der Waals surface area contributed by atoms with Crippen molar-refractivity contribution < 1.29 is 33.4 Å². The molecule has 218 valence electrons. The Hall–Kier alpha value is -5.19. The number of benzene rings is 4. The Labute approximate surface area is 256 Å². The van der Waals surface area contributed by atoms with Crippen LogP contribution in [0.5, 0.6) is 17.2 Å². The third kappa shape index (κ3) is 8.90. The Morgan fingerprint density at radius 2 is 1.28 bits per heavy atom. The first kappa shape index (κ1) is 30.8. The maximum atomic E-state index is 12.8. The molecule has 0 saturated carbocycles. The summed E-state index contributed by atoms with van der Waals surface area (Å²) in [6, 6.07) is 22.8. The number of hydrogen-bond donors (Lipinski definition) is 2. The fraction of sp³-hybridized carbons (Fsp3) is 0.0645. The van der Waals surface area contributed by atoms with Gasteiger partial charge in [0.2, 0.25) is 0 Å². The molecule has 0 atom stereocenters. The van der Waals surface area contributed by atoms with Crippen LogP contribution in [0.15, 0.2) is 96.1 Å². The number of ether oxygens (including phenoxy) is 3. The van der Waals surface area contributed by atoms with E-state index in [9.17, 15) is 19.2 Å². The summed E-state index contributed by atoms with van der Waals surface area (Å²) in [6.07, 6.45) is 1.16. The third-order valence-corrected chi connectivity index (χ3v) is 6.06. The summed E-state index contributed by atoms with van der Waals surface area (Å²) in [6.45, 7) is 2.34. The predicted molar refractivity (Wildman–Crippen MR) is 161 cm³/mol. The molecule has 0 saturated heterocycles. The van der Waals surface area contributed by atoms with Crippen LogP contribution in [-0.4, -0.2) is 36.6 Å². The molecule has 10 nitrogen and oxygen atoms in total. The predicted octanol–water partition coefficient (Wildman–Crippen LogP) is 5.92. The van der Waals surface area contributed by atoms with Gasteiger partial charge in [0, 0.05) is 27.4 Å². The highest BCUT2D eigenvalue weighted by Crippen LogP contribution is 2.26. The number of carbonyl (C=O) groups excluding carboxylic acids is 4. The van der Waals surface area contributed by atoms with Gasteiger partial charge in [-0.25, -0.2) is 15.0 Å². The molecule has 0 aromatic heterocycles. The molecule has 4 aromatic carbocycles. The molecule has 0 aliphatic rings. The second kappa shape index (κ2) is 14.6. The number of hydrazone groups is 1. The highest BCUT2D eigenvalue weighted by Gasteiger charge is 2.16. The zero-order chi connectivity index (χ0) is 30.8. The van der Waals surface area contributed by atoms with E-state index in [4.69, 9.17) is 37.4 Å². The number of anilines is 1. The minimum atomic E-state index is -1.04. The molecule has 4 rings (SSSR count). The van der Waals surface area contributed by atoms with Gasteiger partial charge in [0.05, 0.1) is 23.9 Å². The molecular weight excluding hydrogens is 597 g/mol. The molecule has 43 heavy (non-hydrogen) atoms. The number of amides is 2. The molecule has 2 amide bonds. The van der Waals surface area contributed by atoms with Crippen molar-refractivity contribution in [3.05, 3.63) is 118 Å². The van der Waals surface area contributed by atoms with Crippen LogP contribution in [0.1, 0.15) is 33.2 Å². The van der Waals surface area contributed by atoms with Gasteiger partial charge in [-0.05, 0) is 91.9 Å². The maximum Gasteiger partial charge on any atom is 0.343 e. The van der Waals surface area contributed by atoms with Crippen LogP contribution in [0.3, 0.4) is 0 Å². The highest BCUT2D eigenvalue weighted by atomic mass is 35.5. The minimum absolute atomic E-state index is 0.0433. The van der Waals surface area contributed by atoms with Crippen molar-refractivity contribution in [1.29, 1.82) is 0 Å². The Kier molecular flexibility index (Phi) is 10.5. The molecule has 0 bridgehead atoms. The lowest BCUT2D eigenvalue weighted by Crippen LogP contribution is -2.32. The normalized spacial score (nSPS) is 10.6. The van der Waals surface area contributed by atoms with E-state index in [0.29, 0.717) is 28.1 Å². The Balaban J connectivity index is 1.48. The van der Waals surface area contributed by atoms with Crippen LogP contribution in [-0.2, 0) is 9.59 Å². The van der Waals surface area contributed by atoms with Gasteiger partial charge in [-0.1, -0.05) is 23.2 Å². The number of nitrogens with one attached hydrogen (secondary N) is 2. The summed E-state index contributed by atoms with van der Waals surface area (Å²) in [7, 11) is 0. The third-order valence-electron chi connectivity index (χ3n) is 5.56. The van der Waals surface area contributed by atoms with Crippen LogP contribution in [0, 0.1) is 0 Å². The van der Waals surface area contributed by atoms with Crippen LogP contribution in [0.25, 0.3) is 0 Å². The average molecular weight is 620 g/mol. The van der Waals surface area contributed by atoms with Gasteiger partial charge in [-0.2, -0.15) is 5.10 Å². The van der Waals surface area contributed by atoms with Crippen LogP contribution in [0.2, 0.25) is 10.0 Å². The summed E-state index contributed by atoms with van der Waals surface area (Å²) < 4.78 is 16.3. The van der Waals surface area contributed by atoms with Crippen molar-refractivity contribution in [3.8, 4) is 17.2 Å². The molecule has 4 aromatic rings. The molecule has 12 heteroatoms. The second-order valence-electron chi connectivity index (χ2n) is 8.60. The number of rotatable bonds is 9. The molecule has 0 spiro atoms. The summed E-state index contributed by atoms with van der Waals surface area (Å²) >= 11 is 11.8. The number of esters is 2. The van der Waals surface area contributed by atoms with E-state index in [1.54, 1.807) is 36.4 Å². The first-order chi connectivity index (χ1) is 20.7. The smallest absolute Gasteiger partial charge is 0.343 e. The monoisotopic (exact) mass is 619 g/mol. The van der Waals surface area contributed by atoms with Gasteiger partial charge >= 0.3 is 23.8 Å². The van der Waals surface area contributed by atoms with E-state index >= 15 is 0 Å². The summed E-state index contributed by atoms with van der Waals surface area (Å²) in [5.74, 6) is -2.76. The van der Waals surface area contributed by atoms with E-state index < -0.39 is 23.8 Å². The molecule has 0 unspecified atom stereocenters. The van der Waals surface area contributed by atoms with Crippen LogP contribution >= 0.6 is 23.2 Å². The topological polar surface area (TPSA) is 132 Å². The number of carbonyl (C=O) groups is 4. The average Bonchev–Trinajstić information content (AvgIpc) is 3.00. The van der Waals surface area contributed by atoms with E-state index in [1.807, 2.05) is 6.92 Å². The van der Waals surface area contributed by atoms with E-state index in [2.05, 4.69) is 15.8 Å². The van der Waals surface area contributed by atoms with Crippen molar-refractivity contribution >= 4 is 58.9 Å². The van der Waals surface area contributed by atoms with Crippen molar-refractivity contribution in [2.24, 2.45) is 5.10 Å². The lowest BCUT2D eigenvalue weighted by atomic mass is 10.2. The summed E-state index contributed by atoms with van der Waals surface area (Å²) in [5.41, 5.74) is 3.18. The van der Waals surface area contributed by atoms with E-state index in [0.717, 1.165) is 6.21 Å². The Morgan fingerprint density at radius 1 is 0.721 bits per heavy atom. The molecule has 0 aliphatic heterocycles. The lowest BCUT2D eigenvalue weighted by Gasteiger charge is -2.11. The summed E-state index contributed by atoms with van der Waals surface area (Å²) in [5, 5.41) is 7.14. The first-order valence-electron chi connectivity index (χ1n) is 12.7. The molecular formula is C31H23Cl2N3O7. The fourth-order valence-electron chi connectivity index (χ4n) is 3.47. The fourth-order valence-corrected chi connectivity index (χ4v) is 3.72. The van der Waals surface area contributed by atoms with Crippen molar-refractivity contribution in [2.75, 3.05) is 11.9 Å². The maximum absolute atomic E-state index is 12.8. The first-order valence-corrected chi connectivity index (χ1v) is 13.4. The van der Waals surface area contributed by atoms with Crippen molar-refractivity contribution in [3.63, 3.8) is 0 Å². The quantitative estimate of drug-likeness (QED) is 0.0781. The Morgan fingerprint density at radius 3 is 1.86 bits per heavy atom. The zero-order valence-electron chi connectivity index (χ0n) is 22.5. The number of halogens is 2. The molecule has 2 N–H and O–H groups in total. The van der Waals surface area contributed by atoms with Gasteiger partial charge in [-0.15, -0.1) is 0 Å². The largest absolute Gasteiger partial charge is 0.494 e. The van der Waals surface area contributed by atoms with Crippen LogP contribution < -0.4 is 25.0 Å². The number of hydrogen-bond acceptors (Lipinski definition) is 8. The van der Waals surface area contributed by atoms with Gasteiger partial charge < -0.3 is 19.5 Å². The molecule has 0 heterocycles. The number of nitrogens with zero attached hydrogens (tertiary/aromatic N) is 1.